The molecule has 0 bridgehead atoms. The van der Waals surface area contributed by atoms with Gasteiger partial charge in [0.15, 0.2) is 5.16 Å². The lowest BCUT2D eigenvalue weighted by molar-refractivity contribution is 0.485. The summed E-state index contributed by atoms with van der Waals surface area (Å²) in [6.07, 6.45) is 3.09. The van der Waals surface area contributed by atoms with Gasteiger partial charge in [-0.05, 0) is 5.65 Å². The summed E-state index contributed by atoms with van der Waals surface area (Å²) < 4.78 is 36.9. The molecule has 7 heteroatoms. The molecule has 2 nitrogen and oxygen atoms in total. The molecule has 1 aromatic rings. The SMILES string of the molecule is Cn1ccnc1SC[B-](F)(F)F. The Morgan fingerprint density at radius 2 is 2.25 bits per heavy atom. The molecule has 68 valence electrons. The van der Waals surface area contributed by atoms with E-state index < -0.39 is 12.6 Å². The highest BCUT2D eigenvalue weighted by atomic mass is 32.2. The molecule has 0 radical (unpaired) electrons. The fourth-order valence-corrected chi connectivity index (χ4v) is 1.40. The molecule has 1 aromatic heterocycles. The second kappa shape index (κ2) is 3.43. The number of imidazole rings is 1. The zero-order chi connectivity index (χ0) is 9.19. The van der Waals surface area contributed by atoms with Gasteiger partial charge in [0, 0.05) is 19.4 Å². The number of nitrogens with zero attached hydrogens (tertiary/aromatic N) is 2. The average Bonchev–Trinajstić information content (AvgIpc) is 2.29. The molecule has 0 saturated carbocycles. The molecule has 12 heavy (non-hydrogen) atoms. The van der Waals surface area contributed by atoms with Crippen molar-refractivity contribution in [3.8, 4) is 0 Å². The average molecular weight is 195 g/mol. The van der Waals surface area contributed by atoms with E-state index in [0.717, 1.165) is 0 Å². The van der Waals surface area contributed by atoms with E-state index in [4.69, 9.17) is 0 Å². The molecule has 0 fully saturated rings. The smallest absolute Gasteiger partial charge is 0.448 e. The van der Waals surface area contributed by atoms with Crippen molar-refractivity contribution in [1.29, 1.82) is 0 Å². The van der Waals surface area contributed by atoms with Gasteiger partial charge in [0.2, 0.25) is 0 Å². The van der Waals surface area contributed by atoms with Crippen LogP contribution in [0.15, 0.2) is 17.6 Å². The third-order valence-electron chi connectivity index (χ3n) is 1.18. The van der Waals surface area contributed by atoms with Crippen LogP contribution >= 0.6 is 11.8 Å². The largest absolute Gasteiger partial charge is 0.488 e. The van der Waals surface area contributed by atoms with E-state index in [1.165, 1.54) is 6.20 Å². The Morgan fingerprint density at radius 3 is 2.67 bits per heavy atom. The van der Waals surface area contributed by atoms with Crippen LogP contribution in [0.4, 0.5) is 12.9 Å². The van der Waals surface area contributed by atoms with E-state index in [2.05, 4.69) is 4.98 Å². The minimum atomic E-state index is -4.71. The molecule has 0 N–H and O–H groups in total. The first-order chi connectivity index (χ1) is 5.49. The predicted molar refractivity (Wildman–Crippen MR) is 43.0 cm³/mol. The molecule has 0 aromatic carbocycles. The number of halogens is 3. The summed E-state index contributed by atoms with van der Waals surface area (Å²) in [4.78, 5) is 3.75. The first-order valence-electron chi connectivity index (χ1n) is 3.30. The molecule has 0 aliphatic heterocycles. The van der Waals surface area contributed by atoms with Gasteiger partial charge in [0.05, 0.1) is 0 Å². The number of aromatic nitrogens is 2. The summed E-state index contributed by atoms with van der Waals surface area (Å²) in [6.45, 7) is -4.71. The summed E-state index contributed by atoms with van der Waals surface area (Å²) in [5, 5.41) is 0.397. The third-order valence-corrected chi connectivity index (χ3v) is 2.37. The Hall–Kier alpha value is -0.585. The molecule has 0 amide bonds. The Labute approximate surface area is 72.2 Å². The highest BCUT2D eigenvalue weighted by molar-refractivity contribution is 8.00. The summed E-state index contributed by atoms with van der Waals surface area (Å²) in [5.41, 5.74) is -0.829. The molecule has 0 unspecified atom stereocenters. The summed E-state index contributed by atoms with van der Waals surface area (Å²) in [6, 6.07) is 0. The van der Waals surface area contributed by atoms with Crippen molar-refractivity contribution >= 4 is 18.7 Å². The maximum atomic E-state index is 11.8. The van der Waals surface area contributed by atoms with Crippen LogP contribution in [0.5, 0.6) is 0 Å². The van der Waals surface area contributed by atoms with E-state index in [0.29, 0.717) is 16.9 Å². The van der Waals surface area contributed by atoms with Crippen molar-refractivity contribution in [2.75, 3.05) is 5.65 Å². The standard InChI is InChI=1S/C5H7BF3N2S/c1-11-3-2-10-5(11)12-4-6(7,8)9/h2-3H,4H2,1H3/q-1. The maximum Gasteiger partial charge on any atom is 0.488 e. The van der Waals surface area contributed by atoms with Gasteiger partial charge in [-0.2, -0.15) is 0 Å². The normalized spacial score (nSPS) is 12.0. The van der Waals surface area contributed by atoms with E-state index in [1.807, 2.05) is 0 Å². The fourth-order valence-electron chi connectivity index (χ4n) is 0.660. The lowest BCUT2D eigenvalue weighted by Gasteiger charge is -2.11. The van der Waals surface area contributed by atoms with Gasteiger partial charge in [-0.25, -0.2) is 4.98 Å². The maximum absolute atomic E-state index is 11.8. The number of rotatable bonds is 3. The molecular weight excluding hydrogens is 188 g/mol. The van der Waals surface area contributed by atoms with Crippen LogP contribution in [0.25, 0.3) is 0 Å². The zero-order valence-electron chi connectivity index (χ0n) is 6.38. The van der Waals surface area contributed by atoms with Crippen LogP contribution in [0.1, 0.15) is 0 Å². The molecule has 1 rings (SSSR count). The van der Waals surface area contributed by atoms with E-state index in [9.17, 15) is 12.9 Å². The van der Waals surface area contributed by atoms with E-state index in [1.54, 1.807) is 17.8 Å². The first kappa shape index (κ1) is 9.50. The molecule has 1 heterocycles. The van der Waals surface area contributed by atoms with Crippen molar-refractivity contribution in [3.05, 3.63) is 12.4 Å². The third kappa shape index (κ3) is 2.81. The molecule has 0 atom stereocenters. The highest BCUT2D eigenvalue weighted by Crippen LogP contribution is 2.21. The fraction of sp³-hybridized carbons (Fsp3) is 0.400. The molecular formula is C5H7BF3N2S-. The van der Waals surface area contributed by atoms with Gasteiger partial charge >= 0.3 is 6.98 Å². The van der Waals surface area contributed by atoms with Crippen molar-refractivity contribution in [2.45, 2.75) is 5.16 Å². The summed E-state index contributed by atoms with van der Waals surface area (Å²) >= 11 is 0.715. The number of hydrogen-bond acceptors (Lipinski definition) is 2. The van der Waals surface area contributed by atoms with Crippen LogP contribution in [0.3, 0.4) is 0 Å². The van der Waals surface area contributed by atoms with E-state index >= 15 is 0 Å². The molecule has 0 aliphatic rings. The number of thioether (sulfide) groups is 1. The lowest BCUT2D eigenvalue weighted by Crippen LogP contribution is -2.19. The Morgan fingerprint density at radius 1 is 1.58 bits per heavy atom. The number of hydrogen-bond donors (Lipinski definition) is 0. The predicted octanol–water partition coefficient (Wildman–Crippen LogP) is 1.90. The van der Waals surface area contributed by atoms with Crippen molar-refractivity contribution < 1.29 is 12.9 Å². The van der Waals surface area contributed by atoms with Crippen LogP contribution in [0.2, 0.25) is 0 Å². The van der Waals surface area contributed by atoms with Gasteiger partial charge < -0.3 is 17.5 Å². The van der Waals surface area contributed by atoms with Crippen molar-refractivity contribution in [3.63, 3.8) is 0 Å². The quantitative estimate of drug-likeness (QED) is 0.541. The van der Waals surface area contributed by atoms with Gasteiger partial charge in [-0.1, -0.05) is 0 Å². The summed E-state index contributed by atoms with van der Waals surface area (Å²) in [7, 11) is 1.67. The van der Waals surface area contributed by atoms with Gasteiger partial charge in [-0.15, -0.1) is 11.8 Å². The zero-order valence-corrected chi connectivity index (χ0v) is 7.19. The van der Waals surface area contributed by atoms with Crippen LogP contribution in [0, 0.1) is 0 Å². The Balaban J connectivity index is 2.49. The molecule has 0 aliphatic carbocycles. The van der Waals surface area contributed by atoms with Crippen molar-refractivity contribution in [1.82, 2.24) is 9.55 Å². The van der Waals surface area contributed by atoms with Gasteiger partial charge in [-0.3, -0.25) is 0 Å². The minimum Gasteiger partial charge on any atom is -0.448 e. The van der Waals surface area contributed by atoms with Gasteiger partial charge in [0.1, 0.15) is 0 Å². The summed E-state index contributed by atoms with van der Waals surface area (Å²) in [5.74, 6) is 0. The lowest BCUT2D eigenvalue weighted by atomic mass is 9.98. The first-order valence-corrected chi connectivity index (χ1v) is 4.29. The topological polar surface area (TPSA) is 17.8 Å². The second-order valence-electron chi connectivity index (χ2n) is 2.34. The second-order valence-corrected chi connectivity index (χ2v) is 3.33. The van der Waals surface area contributed by atoms with Crippen molar-refractivity contribution in [2.24, 2.45) is 7.05 Å². The Bertz CT molecular complexity index is 259. The minimum absolute atomic E-state index is 0.397. The molecule has 0 spiro atoms. The van der Waals surface area contributed by atoms with E-state index in [-0.39, 0.29) is 0 Å². The number of aryl methyl sites for hydroxylation is 1. The molecule has 0 saturated heterocycles. The van der Waals surface area contributed by atoms with Crippen LogP contribution in [-0.4, -0.2) is 22.2 Å². The van der Waals surface area contributed by atoms with Crippen LogP contribution in [-0.2, 0) is 7.05 Å². The monoisotopic (exact) mass is 195 g/mol. The Kier molecular flexibility index (Phi) is 2.71. The van der Waals surface area contributed by atoms with Crippen LogP contribution < -0.4 is 0 Å². The van der Waals surface area contributed by atoms with Gasteiger partial charge in [0.25, 0.3) is 0 Å². The highest BCUT2D eigenvalue weighted by Gasteiger charge is 2.23.